The third-order valence-electron chi connectivity index (χ3n) is 0.739. The molecule has 0 atom stereocenters. The lowest BCUT2D eigenvalue weighted by Crippen LogP contribution is -1.73. The normalized spacial score (nSPS) is 13.1. The van der Waals surface area contributed by atoms with Crippen LogP contribution in [-0.4, -0.2) is 11.7 Å². The van der Waals surface area contributed by atoms with Gasteiger partial charge in [0.15, 0.2) is 0 Å². The summed E-state index contributed by atoms with van der Waals surface area (Å²) in [5.74, 6) is 0. The molecule has 8 heavy (non-hydrogen) atoms. The maximum Gasteiger partial charge on any atom is 0.0617 e. The lowest BCUT2D eigenvalue weighted by Gasteiger charge is -1.84. The summed E-state index contributed by atoms with van der Waals surface area (Å²) in [5.41, 5.74) is 1.10. The zero-order valence-corrected chi connectivity index (χ0v) is 6.92. The molecule has 0 amide bonds. The zero-order valence-electron chi connectivity index (χ0n) is 4.76. The highest BCUT2D eigenvalue weighted by Gasteiger charge is 1.75. The first-order valence-electron chi connectivity index (χ1n) is 2.35. The number of halogens is 1. The largest absolute Gasteiger partial charge is 0.392 e. The first kappa shape index (κ1) is 8.17. The van der Waals surface area contributed by atoms with Gasteiger partial charge in [0.2, 0.25) is 0 Å². The summed E-state index contributed by atoms with van der Waals surface area (Å²) in [6.45, 7) is 2.08. The van der Waals surface area contributed by atoms with E-state index >= 15 is 0 Å². The molecule has 0 aromatic rings. The van der Waals surface area contributed by atoms with Crippen LogP contribution in [0.5, 0.6) is 0 Å². The van der Waals surface area contributed by atoms with Crippen molar-refractivity contribution in [3.8, 4) is 0 Å². The molecule has 0 rings (SSSR count). The van der Waals surface area contributed by atoms with Crippen LogP contribution in [0.1, 0.15) is 6.92 Å². The average Bonchev–Trinajstić information content (AvgIpc) is 1.68. The van der Waals surface area contributed by atoms with Gasteiger partial charge in [0.25, 0.3) is 0 Å². The van der Waals surface area contributed by atoms with Crippen molar-refractivity contribution in [1.29, 1.82) is 0 Å². The number of allylic oxidation sites excluding steroid dienone is 2. The van der Waals surface area contributed by atoms with Crippen LogP contribution in [0, 0.1) is 0 Å². The summed E-state index contributed by atoms with van der Waals surface area (Å²) in [4.78, 5) is 0. The highest BCUT2D eigenvalue weighted by Crippen LogP contribution is 1.95. The summed E-state index contributed by atoms with van der Waals surface area (Å²) >= 11 is 2.14. The molecule has 0 aliphatic rings. The number of aliphatic hydroxyl groups excluding tert-OH is 1. The SMILES string of the molecule is CC(/C=C/I)=C\CO. The van der Waals surface area contributed by atoms with Crippen molar-refractivity contribution in [2.45, 2.75) is 6.92 Å². The molecule has 0 aliphatic carbocycles. The second-order valence-corrected chi connectivity index (χ2v) is 2.14. The van der Waals surface area contributed by atoms with Gasteiger partial charge in [-0.15, -0.1) is 0 Å². The lowest BCUT2D eigenvalue weighted by atomic mass is 10.3. The molecule has 2 heteroatoms. The Morgan fingerprint density at radius 3 is 2.75 bits per heavy atom. The van der Waals surface area contributed by atoms with Crippen molar-refractivity contribution in [3.05, 3.63) is 21.8 Å². The third kappa shape index (κ3) is 4.33. The number of aliphatic hydroxyl groups is 1. The molecule has 0 radical (unpaired) electrons. The predicted octanol–water partition coefficient (Wildman–Crippen LogP) is 1.87. The van der Waals surface area contributed by atoms with E-state index in [9.17, 15) is 0 Å². The second kappa shape index (κ2) is 5.31. The quantitative estimate of drug-likeness (QED) is 0.560. The highest BCUT2D eigenvalue weighted by molar-refractivity contribution is 14.1. The Balaban J connectivity index is 3.61. The van der Waals surface area contributed by atoms with Crippen LogP contribution < -0.4 is 0 Å². The molecule has 0 saturated heterocycles. The summed E-state index contributed by atoms with van der Waals surface area (Å²) < 4.78 is 1.92. The van der Waals surface area contributed by atoms with E-state index in [0.717, 1.165) is 5.57 Å². The molecule has 0 fully saturated rings. The third-order valence-corrected chi connectivity index (χ3v) is 1.10. The van der Waals surface area contributed by atoms with Crippen molar-refractivity contribution in [1.82, 2.24) is 0 Å². The van der Waals surface area contributed by atoms with E-state index in [4.69, 9.17) is 5.11 Å². The fourth-order valence-electron chi connectivity index (χ4n) is 0.311. The first-order valence-corrected chi connectivity index (χ1v) is 3.60. The van der Waals surface area contributed by atoms with Crippen molar-refractivity contribution in [2.24, 2.45) is 0 Å². The van der Waals surface area contributed by atoms with Gasteiger partial charge in [-0.05, 0) is 11.0 Å². The Morgan fingerprint density at radius 1 is 1.75 bits per heavy atom. The maximum atomic E-state index is 8.35. The van der Waals surface area contributed by atoms with E-state index in [1.165, 1.54) is 0 Å². The highest BCUT2D eigenvalue weighted by atomic mass is 127. The molecule has 0 bridgehead atoms. The summed E-state index contributed by atoms with van der Waals surface area (Å²) in [7, 11) is 0. The van der Waals surface area contributed by atoms with E-state index in [0.29, 0.717) is 0 Å². The van der Waals surface area contributed by atoms with Gasteiger partial charge in [-0.2, -0.15) is 0 Å². The minimum atomic E-state index is 0.132. The minimum Gasteiger partial charge on any atom is -0.392 e. The second-order valence-electron chi connectivity index (χ2n) is 1.42. The van der Waals surface area contributed by atoms with E-state index in [-0.39, 0.29) is 6.61 Å². The Bertz CT molecular complexity index is 105. The van der Waals surface area contributed by atoms with Crippen LogP contribution in [0.3, 0.4) is 0 Å². The van der Waals surface area contributed by atoms with Crippen molar-refractivity contribution >= 4 is 22.6 Å². The molecule has 0 aliphatic heterocycles. The zero-order chi connectivity index (χ0) is 6.41. The van der Waals surface area contributed by atoms with Gasteiger partial charge >= 0.3 is 0 Å². The fraction of sp³-hybridized carbons (Fsp3) is 0.333. The van der Waals surface area contributed by atoms with Crippen LogP contribution in [0.4, 0.5) is 0 Å². The van der Waals surface area contributed by atoms with Crippen LogP contribution in [-0.2, 0) is 0 Å². The number of hydrogen-bond acceptors (Lipinski definition) is 1. The van der Waals surface area contributed by atoms with Gasteiger partial charge in [-0.25, -0.2) is 0 Å². The summed E-state index contributed by atoms with van der Waals surface area (Å²) in [5, 5.41) is 8.35. The molecule has 0 aromatic carbocycles. The fourth-order valence-corrected chi connectivity index (χ4v) is 0.879. The smallest absolute Gasteiger partial charge is 0.0617 e. The minimum absolute atomic E-state index is 0.132. The summed E-state index contributed by atoms with van der Waals surface area (Å²) in [6.07, 6.45) is 3.70. The van der Waals surface area contributed by atoms with Gasteiger partial charge in [-0.3, -0.25) is 0 Å². The standard InChI is InChI=1S/C6H9IO/c1-6(2-4-7)3-5-8/h2-4,8H,5H2,1H3/b4-2+,6-3+. The average molecular weight is 224 g/mol. The van der Waals surface area contributed by atoms with Gasteiger partial charge < -0.3 is 5.11 Å². The Morgan fingerprint density at radius 2 is 2.38 bits per heavy atom. The van der Waals surface area contributed by atoms with Gasteiger partial charge in [0.1, 0.15) is 0 Å². The van der Waals surface area contributed by atoms with E-state index in [1.807, 2.05) is 17.1 Å². The van der Waals surface area contributed by atoms with E-state index in [2.05, 4.69) is 22.6 Å². The molecule has 46 valence electrons. The van der Waals surface area contributed by atoms with Gasteiger partial charge in [0, 0.05) is 0 Å². The van der Waals surface area contributed by atoms with Crippen LogP contribution in [0.25, 0.3) is 0 Å². The topological polar surface area (TPSA) is 20.2 Å². The van der Waals surface area contributed by atoms with Crippen LogP contribution in [0.15, 0.2) is 21.8 Å². The van der Waals surface area contributed by atoms with Crippen LogP contribution >= 0.6 is 22.6 Å². The first-order chi connectivity index (χ1) is 3.81. The van der Waals surface area contributed by atoms with E-state index < -0.39 is 0 Å². The molecule has 0 spiro atoms. The Kier molecular flexibility index (Phi) is 5.42. The monoisotopic (exact) mass is 224 g/mol. The van der Waals surface area contributed by atoms with Crippen molar-refractivity contribution < 1.29 is 5.11 Å². The molecular weight excluding hydrogens is 215 g/mol. The van der Waals surface area contributed by atoms with Crippen molar-refractivity contribution in [3.63, 3.8) is 0 Å². The molecule has 0 unspecified atom stereocenters. The van der Waals surface area contributed by atoms with Gasteiger partial charge in [0.05, 0.1) is 6.61 Å². The predicted molar refractivity (Wildman–Crippen MR) is 44.0 cm³/mol. The molecular formula is C6H9IO. The number of hydrogen-bond donors (Lipinski definition) is 1. The molecule has 0 aromatic heterocycles. The molecule has 0 saturated carbocycles. The van der Waals surface area contributed by atoms with Crippen LogP contribution in [0.2, 0.25) is 0 Å². The molecule has 0 heterocycles. The maximum absolute atomic E-state index is 8.35. The number of rotatable bonds is 2. The molecule has 1 N–H and O–H groups in total. The van der Waals surface area contributed by atoms with Gasteiger partial charge in [-0.1, -0.05) is 40.3 Å². The summed E-state index contributed by atoms with van der Waals surface area (Å²) in [6, 6.07) is 0. The Hall–Kier alpha value is 0.170. The Labute approximate surface area is 63.2 Å². The van der Waals surface area contributed by atoms with Crippen molar-refractivity contribution in [2.75, 3.05) is 6.61 Å². The van der Waals surface area contributed by atoms with E-state index in [1.54, 1.807) is 6.08 Å². The molecule has 1 nitrogen and oxygen atoms in total. The lowest BCUT2D eigenvalue weighted by molar-refractivity contribution is 0.342.